The monoisotopic (exact) mass is 349 g/mol. The molecule has 0 unspecified atom stereocenters. The van der Waals surface area contributed by atoms with Gasteiger partial charge in [0.25, 0.3) is 5.91 Å². The van der Waals surface area contributed by atoms with Gasteiger partial charge in [0.15, 0.2) is 11.8 Å². The average molecular weight is 349 g/mol. The van der Waals surface area contributed by atoms with Crippen LogP contribution in [-0.4, -0.2) is 17.7 Å². The Labute approximate surface area is 150 Å². The molecule has 5 nitrogen and oxygen atoms in total. The van der Waals surface area contributed by atoms with Crippen molar-refractivity contribution >= 4 is 34.6 Å². The summed E-state index contributed by atoms with van der Waals surface area (Å²) in [5, 5.41) is 11.8. The fourth-order valence-corrected chi connectivity index (χ4v) is 2.99. The number of thioether (sulfide) groups is 1. The summed E-state index contributed by atoms with van der Waals surface area (Å²) in [5.41, 5.74) is 2.84. The number of rotatable bonds is 4. The van der Waals surface area contributed by atoms with Crippen molar-refractivity contribution < 1.29 is 9.53 Å². The molecule has 0 aliphatic carbocycles. The van der Waals surface area contributed by atoms with Crippen LogP contribution in [0.3, 0.4) is 0 Å². The molecule has 1 heterocycles. The van der Waals surface area contributed by atoms with E-state index in [2.05, 4.69) is 10.3 Å². The highest BCUT2D eigenvalue weighted by molar-refractivity contribution is 8.18. The van der Waals surface area contributed by atoms with E-state index in [1.165, 1.54) is 11.8 Å². The van der Waals surface area contributed by atoms with E-state index in [0.29, 0.717) is 15.8 Å². The molecule has 3 rings (SSSR count). The third kappa shape index (κ3) is 4.49. The van der Waals surface area contributed by atoms with Crippen molar-refractivity contribution in [3.8, 4) is 11.8 Å². The Hall–Kier alpha value is -3.04. The molecule has 1 aliphatic heterocycles. The standard InChI is InChI=1S/C19H15N3O2S/c1-13-2-6-15(7-3-13)21-19-22-18(23)17(25-19)12-14-4-8-16(9-5-14)24-11-10-20/h2-9,12H,11H2,1H3,(H,21,22,23)/b17-12+. The number of carbonyl (C=O) groups is 1. The quantitative estimate of drug-likeness (QED) is 0.852. The van der Waals surface area contributed by atoms with Crippen LogP contribution in [0.4, 0.5) is 5.69 Å². The van der Waals surface area contributed by atoms with Crippen LogP contribution in [0.1, 0.15) is 11.1 Å². The minimum Gasteiger partial charge on any atom is -0.479 e. The number of aliphatic imine (C=N–C) groups is 1. The molecule has 0 atom stereocenters. The Kier molecular flexibility index (Phi) is 5.17. The van der Waals surface area contributed by atoms with Crippen LogP contribution in [0.2, 0.25) is 0 Å². The van der Waals surface area contributed by atoms with Gasteiger partial charge in [-0.3, -0.25) is 4.79 Å². The zero-order valence-corrected chi connectivity index (χ0v) is 14.3. The highest BCUT2D eigenvalue weighted by Gasteiger charge is 2.23. The maximum atomic E-state index is 12.1. The second-order valence-electron chi connectivity index (χ2n) is 5.33. The molecule has 2 aromatic carbocycles. The molecular weight excluding hydrogens is 334 g/mol. The predicted octanol–water partition coefficient (Wildman–Crippen LogP) is 3.79. The molecule has 6 heteroatoms. The molecule has 1 N–H and O–H groups in total. The number of nitriles is 1. The maximum absolute atomic E-state index is 12.1. The van der Waals surface area contributed by atoms with Gasteiger partial charge in [-0.25, -0.2) is 4.99 Å². The fourth-order valence-electron chi connectivity index (χ4n) is 2.14. The van der Waals surface area contributed by atoms with Crippen molar-refractivity contribution in [2.75, 3.05) is 6.61 Å². The van der Waals surface area contributed by atoms with Crippen LogP contribution in [-0.2, 0) is 4.79 Å². The van der Waals surface area contributed by atoms with E-state index in [9.17, 15) is 4.79 Å². The molecule has 0 bridgehead atoms. The van der Waals surface area contributed by atoms with E-state index < -0.39 is 0 Å². The zero-order chi connectivity index (χ0) is 17.6. The number of benzene rings is 2. The van der Waals surface area contributed by atoms with Gasteiger partial charge in [-0.1, -0.05) is 29.8 Å². The summed E-state index contributed by atoms with van der Waals surface area (Å²) in [6.45, 7) is 2.03. The predicted molar refractivity (Wildman–Crippen MR) is 99.5 cm³/mol. The highest BCUT2D eigenvalue weighted by Crippen LogP contribution is 2.28. The number of ether oxygens (including phenoxy) is 1. The summed E-state index contributed by atoms with van der Waals surface area (Å²) >= 11 is 1.31. The van der Waals surface area contributed by atoms with Crippen molar-refractivity contribution in [3.63, 3.8) is 0 Å². The fraction of sp³-hybridized carbons (Fsp3) is 0.105. The number of amides is 1. The summed E-state index contributed by atoms with van der Waals surface area (Å²) in [4.78, 5) is 17.1. The summed E-state index contributed by atoms with van der Waals surface area (Å²) in [6, 6.07) is 16.9. The molecule has 1 aliphatic rings. The minimum absolute atomic E-state index is 0.0114. The highest BCUT2D eigenvalue weighted by atomic mass is 32.2. The van der Waals surface area contributed by atoms with Crippen molar-refractivity contribution in [1.82, 2.24) is 5.32 Å². The summed E-state index contributed by atoms with van der Waals surface area (Å²) in [6.07, 6.45) is 1.80. The molecule has 1 fully saturated rings. The Bertz CT molecular complexity index is 878. The minimum atomic E-state index is -0.166. The van der Waals surface area contributed by atoms with Crippen molar-refractivity contribution in [3.05, 3.63) is 64.6 Å². The number of amidine groups is 1. The number of carbonyl (C=O) groups excluding carboxylic acids is 1. The lowest BCUT2D eigenvalue weighted by molar-refractivity contribution is -0.115. The van der Waals surface area contributed by atoms with Gasteiger partial charge in [-0.15, -0.1) is 0 Å². The smallest absolute Gasteiger partial charge is 0.264 e. The SMILES string of the molecule is Cc1ccc(N=C2NC(=O)/C(=C\c3ccc(OCC#N)cc3)S2)cc1. The number of nitrogens with one attached hydrogen (secondary N) is 1. The number of hydrogen-bond acceptors (Lipinski definition) is 5. The zero-order valence-electron chi connectivity index (χ0n) is 13.5. The summed E-state index contributed by atoms with van der Waals surface area (Å²) in [7, 11) is 0. The van der Waals surface area contributed by atoms with E-state index in [1.54, 1.807) is 18.2 Å². The van der Waals surface area contributed by atoms with Crippen molar-refractivity contribution in [1.29, 1.82) is 5.26 Å². The Morgan fingerprint density at radius 2 is 1.92 bits per heavy atom. The van der Waals surface area contributed by atoms with Crippen LogP contribution < -0.4 is 10.1 Å². The molecule has 0 saturated carbocycles. The first-order valence-corrected chi connectivity index (χ1v) is 8.42. The lowest BCUT2D eigenvalue weighted by Gasteiger charge is -2.01. The first-order valence-electron chi connectivity index (χ1n) is 7.60. The van der Waals surface area contributed by atoms with Crippen LogP contribution in [0, 0.1) is 18.3 Å². The van der Waals surface area contributed by atoms with E-state index in [-0.39, 0.29) is 12.5 Å². The lowest BCUT2D eigenvalue weighted by atomic mass is 10.2. The van der Waals surface area contributed by atoms with Gasteiger partial charge < -0.3 is 10.1 Å². The van der Waals surface area contributed by atoms with Crippen LogP contribution in [0.15, 0.2) is 58.4 Å². The van der Waals surface area contributed by atoms with Crippen LogP contribution in [0.25, 0.3) is 6.08 Å². The van der Waals surface area contributed by atoms with Gasteiger partial charge in [0.2, 0.25) is 0 Å². The summed E-state index contributed by atoms with van der Waals surface area (Å²) in [5.74, 6) is 0.453. The number of nitrogens with zero attached hydrogens (tertiary/aromatic N) is 2. The molecule has 1 amide bonds. The van der Waals surface area contributed by atoms with Crippen molar-refractivity contribution in [2.45, 2.75) is 6.92 Å². The topological polar surface area (TPSA) is 74.5 Å². The Morgan fingerprint density at radius 1 is 1.20 bits per heavy atom. The van der Waals surface area contributed by atoms with Gasteiger partial charge in [0.05, 0.1) is 10.6 Å². The molecule has 2 aromatic rings. The first-order chi connectivity index (χ1) is 12.1. The van der Waals surface area contributed by atoms with Gasteiger partial charge in [0.1, 0.15) is 11.8 Å². The van der Waals surface area contributed by atoms with Crippen molar-refractivity contribution in [2.24, 2.45) is 4.99 Å². The molecule has 0 spiro atoms. The second-order valence-corrected chi connectivity index (χ2v) is 6.36. The maximum Gasteiger partial charge on any atom is 0.264 e. The molecular formula is C19H15N3O2S. The molecule has 1 saturated heterocycles. The van der Waals surface area contributed by atoms with E-state index in [4.69, 9.17) is 10.00 Å². The van der Waals surface area contributed by atoms with Gasteiger partial charge >= 0.3 is 0 Å². The Balaban J connectivity index is 1.72. The molecule has 0 aromatic heterocycles. The molecule has 0 radical (unpaired) electrons. The second kappa shape index (κ2) is 7.69. The summed E-state index contributed by atoms with van der Waals surface area (Å²) < 4.78 is 5.21. The molecule has 25 heavy (non-hydrogen) atoms. The van der Waals surface area contributed by atoms with Gasteiger partial charge in [0, 0.05) is 0 Å². The van der Waals surface area contributed by atoms with Gasteiger partial charge in [-0.2, -0.15) is 5.26 Å². The van der Waals surface area contributed by atoms with Gasteiger partial charge in [-0.05, 0) is 54.6 Å². The lowest BCUT2D eigenvalue weighted by Crippen LogP contribution is -2.19. The third-order valence-electron chi connectivity index (χ3n) is 3.40. The third-order valence-corrected chi connectivity index (χ3v) is 4.31. The number of hydrogen-bond donors (Lipinski definition) is 1. The molecule has 124 valence electrons. The number of aryl methyl sites for hydroxylation is 1. The Morgan fingerprint density at radius 3 is 2.60 bits per heavy atom. The normalized spacial score (nSPS) is 16.7. The first kappa shape index (κ1) is 16.8. The van der Waals surface area contributed by atoms with Crippen LogP contribution in [0.5, 0.6) is 5.75 Å². The largest absolute Gasteiger partial charge is 0.479 e. The van der Waals surface area contributed by atoms with E-state index in [1.807, 2.05) is 49.4 Å². The van der Waals surface area contributed by atoms with Crippen LogP contribution >= 0.6 is 11.8 Å². The van der Waals surface area contributed by atoms with E-state index in [0.717, 1.165) is 16.8 Å². The van der Waals surface area contributed by atoms with E-state index >= 15 is 0 Å². The average Bonchev–Trinajstić information content (AvgIpc) is 2.95.